The van der Waals surface area contributed by atoms with Crippen LogP contribution in [0, 0.1) is 0 Å². The molecule has 0 saturated heterocycles. The summed E-state index contributed by atoms with van der Waals surface area (Å²) in [6.45, 7) is 1.65. The Hall–Kier alpha value is -1.84. The molecule has 0 fully saturated rings. The van der Waals surface area contributed by atoms with Gasteiger partial charge in [0.05, 0.1) is 5.71 Å². The topological polar surface area (TPSA) is 52.9 Å². The second-order valence-electron chi connectivity index (χ2n) is 3.63. The highest BCUT2D eigenvalue weighted by Crippen LogP contribution is 2.36. The Morgan fingerprint density at radius 2 is 2.13 bits per heavy atom. The minimum Gasteiger partial charge on any atom is -0.411 e. The molecule has 1 aromatic carbocycles. The van der Waals surface area contributed by atoms with Crippen molar-refractivity contribution in [2.45, 2.75) is 12.8 Å². The molecule has 0 aliphatic carbocycles. The summed E-state index contributed by atoms with van der Waals surface area (Å²) in [6, 6.07) is 7.54. The number of rotatable bonds is 1. The highest BCUT2D eigenvalue weighted by atomic mass is 16.4. The van der Waals surface area contributed by atoms with E-state index in [1.807, 2.05) is 24.3 Å². The molecular formula is C11H12N2O2. The summed E-state index contributed by atoms with van der Waals surface area (Å²) in [5.41, 5.74) is 2.22. The molecule has 0 saturated carbocycles. The van der Waals surface area contributed by atoms with Gasteiger partial charge in [0.25, 0.3) is 0 Å². The van der Waals surface area contributed by atoms with Gasteiger partial charge in [0.1, 0.15) is 5.92 Å². The van der Waals surface area contributed by atoms with Crippen LogP contribution in [0.2, 0.25) is 0 Å². The molecule has 1 aromatic rings. The van der Waals surface area contributed by atoms with Crippen molar-refractivity contribution in [2.75, 3.05) is 11.9 Å². The fourth-order valence-electron chi connectivity index (χ4n) is 1.94. The van der Waals surface area contributed by atoms with E-state index in [4.69, 9.17) is 5.21 Å². The number of para-hydroxylation sites is 1. The standard InChI is InChI=1S/C11H12N2O2/c1-7(12-15)10-8-5-3-4-6-9(8)13(2)11(10)14/h3-6,10,15H,1-2H3/t10-/m1/s1. The lowest BCUT2D eigenvalue weighted by Gasteiger charge is -2.09. The largest absolute Gasteiger partial charge is 0.411 e. The monoisotopic (exact) mass is 204 g/mol. The second kappa shape index (κ2) is 3.38. The fraction of sp³-hybridized carbons (Fsp3) is 0.273. The molecule has 0 aromatic heterocycles. The Labute approximate surface area is 87.8 Å². The maximum atomic E-state index is 11.9. The van der Waals surface area contributed by atoms with Gasteiger partial charge >= 0.3 is 0 Å². The summed E-state index contributed by atoms with van der Waals surface area (Å²) in [6.07, 6.45) is 0. The highest BCUT2D eigenvalue weighted by Gasteiger charge is 2.36. The molecule has 78 valence electrons. The Morgan fingerprint density at radius 3 is 2.80 bits per heavy atom. The number of hydrogen-bond acceptors (Lipinski definition) is 3. The molecule has 1 aliphatic rings. The lowest BCUT2D eigenvalue weighted by atomic mass is 9.97. The molecule has 1 aliphatic heterocycles. The van der Waals surface area contributed by atoms with Crippen molar-refractivity contribution in [3.05, 3.63) is 29.8 Å². The van der Waals surface area contributed by atoms with Crippen molar-refractivity contribution in [1.29, 1.82) is 0 Å². The minimum absolute atomic E-state index is 0.0495. The number of anilines is 1. The van der Waals surface area contributed by atoms with Gasteiger partial charge in [-0.1, -0.05) is 23.4 Å². The molecule has 0 spiro atoms. The third kappa shape index (κ3) is 1.29. The van der Waals surface area contributed by atoms with Crippen LogP contribution in [0.3, 0.4) is 0 Å². The first-order valence-electron chi connectivity index (χ1n) is 4.72. The predicted molar refractivity (Wildman–Crippen MR) is 57.5 cm³/mol. The Morgan fingerprint density at radius 1 is 1.47 bits per heavy atom. The van der Waals surface area contributed by atoms with Crippen molar-refractivity contribution in [2.24, 2.45) is 5.16 Å². The van der Waals surface area contributed by atoms with E-state index in [9.17, 15) is 4.79 Å². The summed E-state index contributed by atoms with van der Waals surface area (Å²) in [5, 5.41) is 11.9. The van der Waals surface area contributed by atoms with Gasteiger partial charge in [0.2, 0.25) is 5.91 Å². The number of carbonyl (C=O) groups is 1. The summed E-state index contributed by atoms with van der Waals surface area (Å²) in [5.74, 6) is -0.484. The number of benzene rings is 1. The first kappa shape index (κ1) is 9.71. The Bertz CT molecular complexity index is 440. The van der Waals surface area contributed by atoms with Crippen molar-refractivity contribution in [3.63, 3.8) is 0 Å². The predicted octanol–water partition coefficient (Wildman–Crippen LogP) is 1.60. The lowest BCUT2D eigenvalue weighted by Crippen LogP contribution is -2.27. The number of nitrogens with zero attached hydrogens (tertiary/aromatic N) is 2. The number of likely N-dealkylation sites (N-methyl/N-ethyl adjacent to an activating group) is 1. The molecule has 1 amide bonds. The molecule has 15 heavy (non-hydrogen) atoms. The molecule has 1 N–H and O–H groups in total. The van der Waals surface area contributed by atoms with Crippen molar-refractivity contribution < 1.29 is 10.0 Å². The molecule has 2 rings (SSSR count). The van der Waals surface area contributed by atoms with Gasteiger partial charge in [0, 0.05) is 12.7 Å². The third-order valence-corrected chi connectivity index (χ3v) is 2.76. The van der Waals surface area contributed by atoms with Gasteiger partial charge in [-0.05, 0) is 18.6 Å². The van der Waals surface area contributed by atoms with Crippen LogP contribution in [0.4, 0.5) is 5.69 Å². The number of amides is 1. The number of hydrogen-bond donors (Lipinski definition) is 1. The van der Waals surface area contributed by atoms with E-state index in [1.54, 1.807) is 18.9 Å². The van der Waals surface area contributed by atoms with Gasteiger partial charge in [-0.3, -0.25) is 4.79 Å². The van der Waals surface area contributed by atoms with Crippen LogP contribution in [0.1, 0.15) is 18.4 Å². The molecule has 0 bridgehead atoms. The number of oxime groups is 1. The fourth-order valence-corrected chi connectivity index (χ4v) is 1.94. The Balaban J connectivity index is 2.56. The molecule has 4 nitrogen and oxygen atoms in total. The Kier molecular flexibility index (Phi) is 2.19. The van der Waals surface area contributed by atoms with Crippen molar-refractivity contribution >= 4 is 17.3 Å². The maximum Gasteiger partial charge on any atom is 0.240 e. The number of carbonyl (C=O) groups excluding carboxylic acids is 1. The minimum atomic E-state index is -0.434. The highest BCUT2D eigenvalue weighted by molar-refractivity contribution is 6.18. The van der Waals surface area contributed by atoms with E-state index in [0.717, 1.165) is 11.3 Å². The van der Waals surface area contributed by atoms with Gasteiger partial charge < -0.3 is 10.1 Å². The van der Waals surface area contributed by atoms with Gasteiger partial charge in [-0.25, -0.2) is 0 Å². The molecule has 4 heteroatoms. The van der Waals surface area contributed by atoms with Crippen LogP contribution in [-0.2, 0) is 4.79 Å². The summed E-state index contributed by atoms with van der Waals surface area (Å²) >= 11 is 0. The van der Waals surface area contributed by atoms with Crippen LogP contribution in [0.15, 0.2) is 29.4 Å². The average molecular weight is 204 g/mol. The van der Waals surface area contributed by atoms with E-state index >= 15 is 0 Å². The quantitative estimate of drug-likeness (QED) is 0.429. The summed E-state index contributed by atoms with van der Waals surface area (Å²) in [4.78, 5) is 13.5. The summed E-state index contributed by atoms with van der Waals surface area (Å²) < 4.78 is 0. The molecule has 1 atom stereocenters. The van der Waals surface area contributed by atoms with E-state index in [1.165, 1.54) is 0 Å². The number of fused-ring (bicyclic) bond motifs is 1. The van der Waals surface area contributed by atoms with E-state index in [0.29, 0.717) is 5.71 Å². The summed E-state index contributed by atoms with van der Waals surface area (Å²) in [7, 11) is 1.73. The SMILES string of the molecule is CC(=NO)[C@H]1C(=O)N(C)c2ccccc21. The van der Waals surface area contributed by atoms with E-state index in [2.05, 4.69) is 5.16 Å². The van der Waals surface area contributed by atoms with Gasteiger partial charge in [-0.15, -0.1) is 0 Å². The zero-order chi connectivity index (χ0) is 11.0. The molecule has 0 radical (unpaired) electrons. The first-order valence-corrected chi connectivity index (χ1v) is 4.72. The molecule has 0 unspecified atom stereocenters. The van der Waals surface area contributed by atoms with Crippen molar-refractivity contribution in [1.82, 2.24) is 0 Å². The van der Waals surface area contributed by atoms with Gasteiger partial charge in [0.15, 0.2) is 0 Å². The first-order chi connectivity index (χ1) is 7.16. The third-order valence-electron chi connectivity index (χ3n) is 2.76. The van der Waals surface area contributed by atoms with Crippen molar-refractivity contribution in [3.8, 4) is 0 Å². The lowest BCUT2D eigenvalue weighted by molar-refractivity contribution is -0.117. The zero-order valence-corrected chi connectivity index (χ0v) is 8.64. The smallest absolute Gasteiger partial charge is 0.240 e. The van der Waals surface area contributed by atoms with Crippen LogP contribution < -0.4 is 4.90 Å². The van der Waals surface area contributed by atoms with Crippen LogP contribution in [-0.4, -0.2) is 23.9 Å². The van der Waals surface area contributed by atoms with Crippen LogP contribution in [0.5, 0.6) is 0 Å². The van der Waals surface area contributed by atoms with Gasteiger partial charge in [-0.2, -0.15) is 0 Å². The maximum absolute atomic E-state index is 11.9. The average Bonchev–Trinajstić information content (AvgIpc) is 2.52. The second-order valence-corrected chi connectivity index (χ2v) is 3.63. The van der Waals surface area contributed by atoms with Crippen LogP contribution in [0.25, 0.3) is 0 Å². The normalized spacial score (nSPS) is 20.7. The van der Waals surface area contributed by atoms with Crippen LogP contribution >= 0.6 is 0 Å². The molecular weight excluding hydrogens is 192 g/mol. The van der Waals surface area contributed by atoms with E-state index < -0.39 is 5.92 Å². The zero-order valence-electron chi connectivity index (χ0n) is 8.64. The molecule has 1 heterocycles. The van der Waals surface area contributed by atoms with E-state index in [-0.39, 0.29) is 5.91 Å².